The van der Waals surface area contributed by atoms with Crippen LogP contribution in [0.3, 0.4) is 0 Å². The molecule has 0 rings (SSSR count). The summed E-state index contributed by atoms with van der Waals surface area (Å²) in [6.07, 6.45) is 0. The molecule has 1 atom stereocenters. The zero-order valence-electron chi connectivity index (χ0n) is 8.51. The highest BCUT2D eigenvalue weighted by Crippen LogP contribution is 2.16. The number of halogens is 1. The Labute approximate surface area is 84.6 Å². The van der Waals surface area contributed by atoms with E-state index in [1.54, 1.807) is 0 Å². The Morgan fingerprint density at radius 1 is 1.38 bits per heavy atom. The van der Waals surface area contributed by atoms with Gasteiger partial charge in [0.15, 0.2) is 0 Å². The average molecular weight is 209 g/mol. The van der Waals surface area contributed by atoms with Crippen LogP contribution in [0.1, 0.15) is 20.8 Å². The molecule has 13 heavy (non-hydrogen) atoms. The van der Waals surface area contributed by atoms with Crippen molar-refractivity contribution >= 4 is 17.5 Å². The number of rotatable bonds is 5. The highest BCUT2D eigenvalue weighted by molar-refractivity contribution is 6.29. The number of quaternary nitrogens is 1. The van der Waals surface area contributed by atoms with E-state index < -0.39 is 5.50 Å². The van der Waals surface area contributed by atoms with Gasteiger partial charge in [0.05, 0.1) is 19.6 Å². The average Bonchev–Trinajstić information content (AvgIpc) is 2.20. The van der Waals surface area contributed by atoms with Crippen LogP contribution in [-0.2, 0) is 4.79 Å². The number of alkyl halides is 1. The Balaban J connectivity index is 4.62. The number of likely N-dealkylation sites (N-methyl/N-ethyl adjacent to an activating group) is 1. The molecule has 0 saturated carbocycles. The number of nitrogens with zero attached hydrogens (tertiary/aromatic N) is 1. The van der Waals surface area contributed by atoms with Gasteiger partial charge in [-0.1, -0.05) is 0 Å². The summed E-state index contributed by atoms with van der Waals surface area (Å²) in [5, 5.41) is 0. The molecule has 0 fully saturated rings. The molecule has 0 aromatic heterocycles. The highest BCUT2D eigenvalue weighted by atomic mass is 35.5. The van der Waals surface area contributed by atoms with Crippen molar-refractivity contribution in [2.24, 2.45) is 5.84 Å². The van der Waals surface area contributed by atoms with Gasteiger partial charge in [0.25, 0.3) is 0 Å². The van der Waals surface area contributed by atoms with Gasteiger partial charge in [-0.05, 0) is 32.4 Å². The van der Waals surface area contributed by atoms with Crippen LogP contribution in [0.2, 0.25) is 0 Å². The third kappa shape index (κ3) is 2.56. The molecule has 0 aliphatic heterocycles. The molecule has 0 heterocycles. The Morgan fingerprint density at radius 3 is 2.00 bits per heavy atom. The van der Waals surface area contributed by atoms with E-state index in [9.17, 15) is 4.79 Å². The number of hydrazine groups is 1. The van der Waals surface area contributed by atoms with Gasteiger partial charge in [-0.25, -0.2) is 5.84 Å². The Bertz CT molecular complexity index is 163. The molecule has 0 spiro atoms. The molecule has 0 aliphatic carbocycles. The van der Waals surface area contributed by atoms with Crippen molar-refractivity contribution < 1.29 is 9.28 Å². The van der Waals surface area contributed by atoms with Crippen LogP contribution < -0.4 is 11.3 Å². The molecule has 3 N–H and O–H groups in total. The quantitative estimate of drug-likeness (QED) is 0.172. The lowest BCUT2D eigenvalue weighted by atomic mass is 10.3. The molecule has 0 aliphatic rings. The van der Waals surface area contributed by atoms with E-state index in [0.29, 0.717) is 4.48 Å². The maximum absolute atomic E-state index is 11.3. The smallest absolute Gasteiger partial charge is 0.301 e. The molecule has 4 nitrogen and oxygen atoms in total. The number of nitrogens with one attached hydrogen (secondary N) is 1. The minimum Gasteiger partial charge on any atom is -0.301 e. The summed E-state index contributed by atoms with van der Waals surface area (Å²) >= 11 is 6.03. The number of amides is 1. The van der Waals surface area contributed by atoms with E-state index in [2.05, 4.69) is 5.43 Å². The third-order valence-corrected chi connectivity index (χ3v) is 3.34. The standard InChI is InChI=1S/C8H18ClN3O/c1-4-12(5-2,6-3)7(9)8(13)11-10/h7H,4-6,10H2,1-3H3/p+1. The number of hydrogen-bond donors (Lipinski definition) is 2. The van der Waals surface area contributed by atoms with Crippen molar-refractivity contribution in [3.8, 4) is 0 Å². The van der Waals surface area contributed by atoms with Gasteiger partial charge < -0.3 is 4.48 Å². The van der Waals surface area contributed by atoms with Crippen molar-refractivity contribution in [1.82, 2.24) is 5.43 Å². The van der Waals surface area contributed by atoms with E-state index in [1.807, 2.05) is 20.8 Å². The summed E-state index contributed by atoms with van der Waals surface area (Å²) in [6.45, 7) is 8.54. The summed E-state index contributed by atoms with van der Waals surface area (Å²) in [5.41, 5.74) is 1.49. The monoisotopic (exact) mass is 208 g/mol. The first kappa shape index (κ1) is 12.7. The summed E-state index contributed by atoms with van der Waals surface area (Å²) in [5.74, 6) is 4.73. The fourth-order valence-corrected chi connectivity index (χ4v) is 1.95. The second-order valence-electron chi connectivity index (χ2n) is 3.01. The summed E-state index contributed by atoms with van der Waals surface area (Å²) in [7, 11) is 0. The summed E-state index contributed by atoms with van der Waals surface area (Å²) in [6, 6.07) is 0. The Kier molecular flexibility index (Phi) is 5.29. The first-order valence-electron chi connectivity index (χ1n) is 4.58. The largest absolute Gasteiger partial charge is 0.308 e. The number of hydrogen-bond acceptors (Lipinski definition) is 2. The summed E-state index contributed by atoms with van der Waals surface area (Å²) in [4.78, 5) is 11.3. The molecular formula is C8H19ClN3O+. The van der Waals surface area contributed by atoms with Crippen molar-refractivity contribution in [2.75, 3.05) is 19.6 Å². The maximum atomic E-state index is 11.3. The SMILES string of the molecule is CC[N+](CC)(CC)C(Cl)C(=O)NN. The first-order valence-corrected chi connectivity index (χ1v) is 5.01. The van der Waals surface area contributed by atoms with E-state index in [4.69, 9.17) is 17.4 Å². The van der Waals surface area contributed by atoms with E-state index in [-0.39, 0.29) is 5.91 Å². The molecule has 0 aromatic rings. The molecular weight excluding hydrogens is 190 g/mol. The zero-order chi connectivity index (χ0) is 10.5. The van der Waals surface area contributed by atoms with Gasteiger partial charge in [-0.15, -0.1) is 0 Å². The highest BCUT2D eigenvalue weighted by Gasteiger charge is 2.35. The van der Waals surface area contributed by atoms with E-state index in [0.717, 1.165) is 19.6 Å². The van der Waals surface area contributed by atoms with Crippen molar-refractivity contribution in [1.29, 1.82) is 0 Å². The molecule has 5 heteroatoms. The van der Waals surface area contributed by atoms with Gasteiger partial charge in [0, 0.05) is 0 Å². The van der Waals surface area contributed by atoms with Crippen LogP contribution in [0, 0.1) is 0 Å². The molecule has 0 bridgehead atoms. The van der Waals surface area contributed by atoms with Crippen LogP contribution in [0.5, 0.6) is 0 Å². The zero-order valence-corrected chi connectivity index (χ0v) is 9.27. The van der Waals surface area contributed by atoms with Crippen LogP contribution in [-0.4, -0.2) is 35.5 Å². The van der Waals surface area contributed by atoms with Crippen LogP contribution in [0.15, 0.2) is 0 Å². The lowest BCUT2D eigenvalue weighted by Gasteiger charge is -2.38. The number of carbonyl (C=O) groups is 1. The van der Waals surface area contributed by atoms with E-state index >= 15 is 0 Å². The predicted octanol–water partition coefficient (Wildman–Crippen LogP) is 0.418. The number of carbonyl (C=O) groups excluding carboxylic acids is 1. The second kappa shape index (κ2) is 5.42. The molecule has 0 radical (unpaired) electrons. The van der Waals surface area contributed by atoms with Gasteiger partial charge in [-0.2, -0.15) is 0 Å². The molecule has 1 unspecified atom stereocenters. The lowest BCUT2D eigenvalue weighted by molar-refractivity contribution is -0.926. The Hall–Kier alpha value is -0.320. The molecule has 0 saturated heterocycles. The van der Waals surface area contributed by atoms with Crippen molar-refractivity contribution in [2.45, 2.75) is 26.3 Å². The van der Waals surface area contributed by atoms with E-state index in [1.165, 1.54) is 0 Å². The van der Waals surface area contributed by atoms with Crippen LogP contribution in [0.4, 0.5) is 0 Å². The minimum atomic E-state index is -0.593. The molecule has 78 valence electrons. The fraction of sp³-hybridized carbons (Fsp3) is 0.875. The van der Waals surface area contributed by atoms with Crippen molar-refractivity contribution in [3.05, 3.63) is 0 Å². The maximum Gasteiger partial charge on any atom is 0.308 e. The van der Waals surface area contributed by atoms with Crippen molar-refractivity contribution in [3.63, 3.8) is 0 Å². The summed E-state index contributed by atoms with van der Waals surface area (Å²) < 4.78 is 0.560. The third-order valence-electron chi connectivity index (χ3n) is 2.73. The number of nitrogens with two attached hydrogens (primary N) is 1. The molecule has 1 amide bonds. The van der Waals surface area contributed by atoms with Gasteiger partial charge in [0.2, 0.25) is 5.50 Å². The lowest BCUT2D eigenvalue weighted by Crippen LogP contribution is -2.59. The second-order valence-corrected chi connectivity index (χ2v) is 3.43. The first-order chi connectivity index (χ1) is 6.07. The fourth-order valence-electron chi connectivity index (χ4n) is 1.47. The van der Waals surface area contributed by atoms with Crippen LogP contribution >= 0.6 is 11.6 Å². The normalized spacial score (nSPS) is 13.9. The van der Waals surface area contributed by atoms with Gasteiger partial charge in [0.1, 0.15) is 0 Å². The molecule has 0 aromatic carbocycles. The topological polar surface area (TPSA) is 55.1 Å². The van der Waals surface area contributed by atoms with Gasteiger partial charge in [-0.3, -0.25) is 10.2 Å². The van der Waals surface area contributed by atoms with Gasteiger partial charge >= 0.3 is 5.91 Å². The Morgan fingerprint density at radius 2 is 1.77 bits per heavy atom. The predicted molar refractivity (Wildman–Crippen MR) is 53.9 cm³/mol. The minimum absolute atomic E-state index is 0.313. The van der Waals surface area contributed by atoms with Crippen LogP contribution in [0.25, 0.3) is 0 Å².